The Hall–Kier alpha value is -2.69. The Morgan fingerprint density at radius 1 is 1.27 bits per heavy atom. The Morgan fingerprint density at radius 2 is 2.05 bits per heavy atom. The summed E-state index contributed by atoms with van der Waals surface area (Å²) in [5.41, 5.74) is 2.39. The molecule has 2 aromatic rings. The molecular weight excluding hydrogens is 280 g/mol. The molecule has 114 valence electrons. The van der Waals surface area contributed by atoms with Crippen LogP contribution in [0.25, 0.3) is 0 Å². The van der Waals surface area contributed by atoms with Gasteiger partial charge in [-0.2, -0.15) is 0 Å². The standard InChI is InChI=1S/C17H18N2O3/c1-3-22-15-10-11(8-9-14(15)20)16-18-17(21)12-6-4-5-7-13(12)19(16)2/h4-10,16,20H,3H2,1-2H3,(H,18,21)/t16-/m1/s1. The maximum absolute atomic E-state index is 12.3. The topological polar surface area (TPSA) is 61.8 Å². The number of ether oxygens (including phenoxy) is 1. The second-order valence-corrected chi connectivity index (χ2v) is 5.16. The Bertz CT molecular complexity index is 715. The molecule has 1 amide bonds. The van der Waals surface area contributed by atoms with E-state index in [0.29, 0.717) is 17.9 Å². The van der Waals surface area contributed by atoms with Crippen LogP contribution in [-0.2, 0) is 0 Å². The van der Waals surface area contributed by atoms with Gasteiger partial charge in [0.15, 0.2) is 11.5 Å². The molecule has 3 rings (SSSR count). The molecular formula is C17H18N2O3. The highest BCUT2D eigenvalue weighted by Gasteiger charge is 2.29. The Labute approximate surface area is 129 Å². The van der Waals surface area contributed by atoms with Crippen molar-refractivity contribution in [3.63, 3.8) is 0 Å². The van der Waals surface area contributed by atoms with Gasteiger partial charge in [0.1, 0.15) is 6.17 Å². The van der Waals surface area contributed by atoms with Crippen molar-refractivity contribution in [1.29, 1.82) is 0 Å². The number of carbonyl (C=O) groups excluding carboxylic acids is 1. The number of carbonyl (C=O) groups is 1. The average Bonchev–Trinajstić information content (AvgIpc) is 2.53. The number of amides is 1. The highest BCUT2D eigenvalue weighted by atomic mass is 16.5. The van der Waals surface area contributed by atoms with Crippen LogP contribution in [0.2, 0.25) is 0 Å². The molecule has 5 nitrogen and oxygen atoms in total. The number of hydrogen-bond donors (Lipinski definition) is 2. The van der Waals surface area contributed by atoms with E-state index < -0.39 is 0 Å². The number of aromatic hydroxyl groups is 1. The fourth-order valence-corrected chi connectivity index (χ4v) is 2.69. The Kier molecular flexibility index (Phi) is 3.63. The van der Waals surface area contributed by atoms with Crippen molar-refractivity contribution in [1.82, 2.24) is 5.32 Å². The largest absolute Gasteiger partial charge is 0.504 e. The van der Waals surface area contributed by atoms with Gasteiger partial charge in [-0.15, -0.1) is 0 Å². The highest BCUT2D eigenvalue weighted by molar-refractivity contribution is 6.02. The van der Waals surface area contributed by atoms with Gasteiger partial charge in [-0.25, -0.2) is 0 Å². The summed E-state index contributed by atoms with van der Waals surface area (Å²) in [6.07, 6.45) is -0.304. The van der Waals surface area contributed by atoms with E-state index >= 15 is 0 Å². The minimum atomic E-state index is -0.304. The second-order valence-electron chi connectivity index (χ2n) is 5.16. The smallest absolute Gasteiger partial charge is 0.255 e. The van der Waals surface area contributed by atoms with Gasteiger partial charge in [-0.1, -0.05) is 18.2 Å². The van der Waals surface area contributed by atoms with E-state index in [-0.39, 0.29) is 17.8 Å². The first kappa shape index (κ1) is 14.3. The summed E-state index contributed by atoms with van der Waals surface area (Å²) in [5.74, 6) is 0.405. The number of anilines is 1. The molecule has 2 N–H and O–H groups in total. The summed E-state index contributed by atoms with van der Waals surface area (Å²) < 4.78 is 5.42. The number of nitrogens with one attached hydrogen (secondary N) is 1. The number of phenolic OH excluding ortho intramolecular Hbond substituents is 1. The normalized spacial score (nSPS) is 16.9. The number of rotatable bonds is 3. The summed E-state index contributed by atoms with van der Waals surface area (Å²) in [4.78, 5) is 14.3. The van der Waals surface area contributed by atoms with Crippen LogP contribution in [0.1, 0.15) is 29.0 Å². The third-order valence-corrected chi connectivity index (χ3v) is 3.78. The zero-order chi connectivity index (χ0) is 15.7. The van der Waals surface area contributed by atoms with Gasteiger partial charge in [0.05, 0.1) is 17.9 Å². The third-order valence-electron chi connectivity index (χ3n) is 3.78. The van der Waals surface area contributed by atoms with Crippen molar-refractivity contribution in [2.45, 2.75) is 13.1 Å². The molecule has 0 saturated heterocycles. The first-order valence-electron chi connectivity index (χ1n) is 7.20. The molecule has 0 spiro atoms. The van der Waals surface area contributed by atoms with Gasteiger partial charge in [-0.05, 0) is 36.8 Å². The van der Waals surface area contributed by atoms with Crippen molar-refractivity contribution in [2.24, 2.45) is 0 Å². The fraction of sp³-hybridized carbons (Fsp3) is 0.235. The van der Waals surface area contributed by atoms with Crippen LogP contribution in [0.4, 0.5) is 5.69 Å². The van der Waals surface area contributed by atoms with E-state index in [1.807, 2.05) is 37.1 Å². The lowest BCUT2D eigenvalue weighted by atomic mass is 10.0. The van der Waals surface area contributed by atoms with Crippen LogP contribution in [0.3, 0.4) is 0 Å². The number of para-hydroxylation sites is 1. The molecule has 2 aromatic carbocycles. The molecule has 0 bridgehead atoms. The Morgan fingerprint density at radius 3 is 2.82 bits per heavy atom. The fourth-order valence-electron chi connectivity index (χ4n) is 2.69. The van der Waals surface area contributed by atoms with Gasteiger partial charge in [0.25, 0.3) is 5.91 Å². The lowest BCUT2D eigenvalue weighted by Gasteiger charge is -2.36. The quantitative estimate of drug-likeness (QED) is 0.914. The summed E-state index contributed by atoms with van der Waals surface area (Å²) in [5, 5.41) is 12.8. The van der Waals surface area contributed by atoms with E-state index in [0.717, 1.165) is 11.3 Å². The predicted octanol–water partition coefficient (Wildman–Crippen LogP) is 2.67. The van der Waals surface area contributed by atoms with E-state index in [4.69, 9.17) is 4.74 Å². The molecule has 0 radical (unpaired) electrons. The summed E-state index contributed by atoms with van der Waals surface area (Å²) in [6.45, 7) is 2.32. The summed E-state index contributed by atoms with van der Waals surface area (Å²) in [6, 6.07) is 12.6. The van der Waals surface area contributed by atoms with Crippen molar-refractivity contribution in [3.8, 4) is 11.5 Å². The number of nitrogens with zero attached hydrogens (tertiary/aromatic N) is 1. The molecule has 1 heterocycles. The summed E-state index contributed by atoms with van der Waals surface area (Å²) >= 11 is 0. The number of hydrogen-bond acceptors (Lipinski definition) is 4. The predicted molar refractivity (Wildman–Crippen MR) is 84.3 cm³/mol. The van der Waals surface area contributed by atoms with Crippen LogP contribution < -0.4 is 15.0 Å². The van der Waals surface area contributed by atoms with Gasteiger partial charge < -0.3 is 20.1 Å². The maximum atomic E-state index is 12.3. The lowest BCUT2D eigenvalue weighted by molar-refractivity contribution is 0.0928. The molecule has 1 aliphatic rings. The SMILES string of the molecule is CCOc1cc([C@@H]2NC(=O)c3ccccc3N2C)ccc1O. The molecule has 0 aromatic heterocycles. The first-order chi connectivity index (χ1) is 10.6. The molecule has 5 heteroatoms. The van der Waals surface area contributed by atoms with Crippen LogP contribution in [0.5, 0.6) is 11.5 Å². The van der Waals surface area contributed by atoms with Crippen molar-refractivity contribution in [3.05, 3.63) is 53.6 Å². The van der Waals surface area contributed by atoms with Crippen molar-refractivity contribution >= 4 is 11.6 Å². The molecule has 0 unspecified atom stereocenters. The molecule has 0 fully saturated rings. The number of phenols is 1. The van der Waals surface area contributed by atoms with Crippen molar-refractivity contribution in [2.75, 3.05) is 18.6 Å². The molecule has 0 saturated carbocycles. The zero-order valence-electron chi connectivity index (χ0n) is 12.5. The molecule has 1 aliphatic heterocycles. The van der Waals surface area contributed by atoms with E-state index in [2.05, 4.69) is 5.32 Å². The third kappa shape index (κ3) is 2.35. The minimum Gasteiger partial charge on any atom is -0.504 e. The van der Waals surface area contributed by atoms with Crippen molar-refractivity contribution < 1.29 is 14.6 Å². The van der Waals surface area contributed by atoms with E-state index in [1.165, 1.54) is 0 Å². The van der Waals surface area contributed by atoms with Gasteiger partial charge in [0.2, 0.25) is 0 Å². The van der Waals surface area contributed by atoms with Gasteiger partial charge in [-0.3, -0.25) is 4.79 Å². The van der Waals surface area contributed by atoms with Gasteiger partial charge >= 0.3 is 0 Å². The number of benzene rings is 2. The highest BCUT2D eigenvalue weighted by Crippen LogP contribution is 2.35. The second kappa shape index (κ2) is 5.60. The number of fused-ring (bicyclic) bond motifs is 1. The van der Waals surface area contributed by atoms with Crippen LogP contribution in [-0.4, -0.2) is 24.7 Å². The summed E-state index contributed by atoms with van der Waals surface area (Å²) in [7, 11) is 1.93. The Balaban J connectivity index is 2.00. The molecule has 1 atom stereocenters. The van der Waals surface area contributed by atoms with Crippen LogP contribution >= 0.6 is 0 Å². The minimum absolute atomic E-state index is 0.0933. The molecule has 0 aliphatic carbocycles. The van der Waals surface area contributed by atoms with E-state index in [1.54, 1.807) is 24.3 Å². The first-order valence-corrected chi connectivity index (χ1v) is 7.20. The lowest BCUT2D eigenvalue weighted by Crippen LogP contribution is -2.44. The van der Waals surface area contributed by atoms with Gasteiger partial charge in [0, 0.05) is 7.05 Å². The monoisotopic (exact) mass is 298 g/mol. The van der Waals surface area contributed by atoms with Crippen LogP contribution in [0.15, 0.2) is 42.5 Å². The average molecular weight is 298 g/mol. The molecule has 22 heavy (non-hydrogen) atoms. The van der Waals surface area contributed by atoms with E-state index in [9.17, 15) is 9.90 Å². The zero-order valence-corrected chi connectivity index (χ0v) is 12.5. The van der Waals surface area contributed by atoms with Crippen LogP contribution in [0, 0.1) is 0 Å². The maximum Gasteiger partial charge on any atom is 0.255 e.